The topological polar surface area (TPSA) is 94.8 Å². The molecule has 1 aromatic heterocycles. The Balaban J connectivity index is 0.000000564. The summed E-state index contributed by atoms with van der Waals surface area (Å²) in [6.45, 7) is 13.9. The van der Waals surface area contributed by atoms with E-state index in [4.69, 9.17) is 10.5 Å². The highest BCUT2D eigenvalue weighted by Crippen LogP contribution is 2.16. The van der Waals surface area contributed by atoms with E-state index in [0.29, 0.717) is 32.0 Å². The number of aromatic nitrogens is 1. The Morgan fingerprint density at radius 2 is 2.11 bits per heavy atom. The fraction of sp³-hybridized carbons (Fsp3) is 0.550. The Morgan fingerprint density at radius 3 is 2.56 bits per heavy atom. The van der Waals surface area contributed by atoms with Crippen LogP contribution in [-0.4, -0.2) is 54.6 Å². The van der Waals surface area contributed by atoms with E-state index in [9.17, 15) is 9.59 Å². The zero-order valence-electron chi connectivity index (χ0n) is 16.9. The molecule has 1 saturated heterocycles. The maximum Gasteiger partial charge on any atom is 0.293 e. The largest absolute Gasteiger partial charge is 0.472 e. The summed E-state index contributed by atoms with van der Waals surface area (Å²) in [5, 5.41) is 0. The zero-order chi connectivity index (χ0) is 20.7. The standard InChI is InChI=1S/C12H17N3O2.C4H6O2.C4H10/c1-9-2-3-11(14-7-9)17-10-4-5-15(8-10)12(16)6-13;1-2-3-6-4-5;1-4(2)3/h2-3,7,10H,4-6,8,13H2,1H3;2,4H,1,3H2;4H,1-3H3. The molecule has 0 spiro atoms. The molecule has 2 N–H and O–H groups in total. The third-order valence-electron chi connectivity index (χ3n) is 3.13. The number of hydrogen-bond donors (Lipinski definition) is 1. The van der Waals surface area contributed by atoms with Crippen molar-refractivity contribution in [3.05, 3.63) is 36.5 Å². The second-order valence-corrected chi connectivity index (χ2v) is 6.70. The Morgan fingerprint density at radius 1 is 1.44 bits per heavy atom. The first-order chi connectivity index (χ1) is 12.8. The van der Waals surface area contributed by atoms with E-state index in [1.54, 1.807) is 11.1 Å². The van der Waals surface area contributed by atoms with Crippen molar-refractivity contribution < 1.29 is 19.1 Å². The number of ether oxygens (including phenoxy) is 2. The maximum absolute atomic E-state index is 11.4. The molecule has 0 aromatic carbocycles. The second-order valence-electron chi connectivity index (χ2n) is 6.70. The molecular weight excluding hydrogens is 346 g/mol. The van der Waals surface area contributed by atoms with Gasteiger partial charge in [-0.3, -0.25) is 9.59 Å². The molecule has 0 bridgehead atoms. The highest BCUT2D eigenvalue weighted by atomic mass is 16.5. The predicted molar refractivity (Wildman–Crippen MR) is 106 cm³/mol. The molecule has 2 heterocycles. The Bertz CT molecular complexity index is 536. The van der Waals surface area contributed by atoms with Gasteiger partial charge in [-0.25, -0.2) is 4.98 Å². The highest BCUT2D eigenvalue weighted by Gasteiger charge is 2.26. The quantitative estimate of drug-likeness (QED) is 0.463. The lowest BCUT2D eigenvalue weighted by Crippen LogP contribution is -2.35. The molecular formula is C20H33N3O4. The summed E-state index contributed by atoms with van der Waals surface area (Å²) in [6, 6.07) is 3.81. The lowest BCUT2D eigenvalue weighted by molar-refractivity contribution is -0.129. The van der Waals surface area contributed by atoms with Gasteiger partial charge < -0.3 is 20.1 Å². The SMILES string of the molecule is C=CCOC=O.CC(C)C.Cc1ccc(OC2CCN(C(=O)CN)C2)nc1. The van der Waals surface area contributed by atoms with Gasteiger partial charge in [-0.15, -0.1) is 0 Å². The smallest absolute Gasteiger partial charge is 0.293 e. The Labute approximate surface area is 162 Å². The van der Waals surface area contributed by atoms with E-state index in [-0.39, 0.29) is 18.6 Å². The van der Waals surface area contributed by atoms with Crippen molar-refractivity contribution in [3.8, 4) is 5.88 Å². The van der Waals surface area contributed by atoms with Crippen molar-refractivity contribution in [2.24, 2.45) is 11.7 Å². The number of hydrogen-bond acceptors (Lipinski definition) is 6. The van der Waals surface area contributed by atoms with Gasteiger partial charge in [-0.05, 0) is 18.4 Å². The molecule has 0 radical (unpaired) electrons. The van der Waals surface area contributed by atoms with Crippen molar-refractivity contribution in [2.45, 2.75) is 40.2 Å². The van der Waals surface area contributed by atoms with E-state index >= 15 is 0 Å². The van der Waals surface area contributed by atoms with Crippen LogP contribution in [0, 0.1) is 12.8 Å². The summed E-state index contributed by atoms with van der Waals surface area (Å²) >= 11 is 0. The summed E-state index contributed by atoms with van der Waals surface area (Å²) in [4.78, 5) is 26.6. The van der Waals surface area contributed by atoms with Gasteiger partial charge in [0.1, 0.15) is 12.7 Å². The van der Waals surface area contributed by atoms with Crippen molar-refractivity contribution in [2.75, 3.05) is 26.2 Å². The van der Waals surface area contributed by atoms with Gasteiger partial charge in [0.15, 0.2) is 0 Å². The normalized spacial score (nSPS) is 15.0. The number of carbonyl (C=O) groups is 2. The van der Waals surface area contributed by atoms with E-state index in [0.717, 1.165) is 17.9 Å². The molecule has 0 saturated carbocycles. The number of amides is 1. The number of likely N-dealkylation sites (tertiary alicyclic amines) is 1. The summed E-state index contributed by atoms with van der Waals surface area (Å²) in [6.07, 6.45) is 4.14. The first kappa shape index (κ1) is 24.6. The van der Waals surface area contributed by atoms with Crippen molar-refractivity contribution in [3.63, 3.8) is 0 Å². The van der Waals surface area contributed by atoms with Crippen LogP contribution in [0.5, 0.6) is 5.88 Å². The van der Waals surface area contributed by atoms with Crippen molar-refractivity contribution in [1.82, 2.24) is 9.88 Å². The van der Waals surface area contributed by atoms with Crippen LogP contribution in [-0.2, 0) is 14.3 Å². The predicted octanol–water partition coefficient (Wildman–Crippen LogP) is 2.34. The molecule has 7 heteroatoms. The Kier molecular flexibility index (Phi) is 13.4. The number of pyridine rings is 1. The van der Waals surface area contributed by atoms with Gasteiger partial charge in [0.25, 0.3) is 6.47 Å². The molecule has 7 nitrogen and oxygen atoms in total. The third-order valence-corrected chi connectivity index (χ3v) is 3.13. The zero-order valence-corrected chi connectivity index (χ0v) is 16.9. The molecule has 1 unspecified atom stereocenters. The molecule has 2 rings (SSSR count). The van der Waals surface area contributed by atoms with Crippen LogP contribution in [0.1, 0.15) is 32.8 Å². The molecule has 0 aliphatic carbocycles. The highest BCUT2D eigenvalue weighted by molar-refractivity contribution is 5.78. The first-order valence-electron chi connectivity index (χ1n) is 9.07. The minimum Gasteiger partial charge on any atom is -0.472 e. The van der Waals surface area contributed by atoms with E-state index in [2.05, 4.69) is 37.1 Å². The molecule has 27 heavy (non-hydrogen) atoms. The van der Waals surface area contributed by atoms with E-state index in [1.165, 1.54) is 6.08 Å². The number of rotatable bonds is 6. The van der Waals surface area contributed by atoms with Gasteiger partial charge in [0, 0.05) is 25.2 Å². The fourth-order valence-electron chi connectivity index (χ4n) is 1.98. The van der Waals surface area contributed by atoms with E-state index in [1.807, 2.05) is 19.1 Å². The van der Waals surface area contributed by atoms with E-state index < -0.39 is 0 Å². The molecule has 1 fully saturated rings. The minimum absolute atomic E-state index is 0.0204. The minimum atomic E-state index is -0.0204. The number of aryl methyl sites for hydroxylation is 1. The van der Waals surface area contributed by atoms with Gasteiger partial charge in [0.05, 0.1) is 13.1 Å². The summed E-state index contributed by atoms with van der Waals surface area (Å²) in [7, 11) is 0. The van der Waals surface area contributed by atoms with Gasteiger partial charge >= 0.3 is 0 Å². The van der Waals surface area contributed by atoms with Crippen molar-refractivity contribution >= 4 is 12.4 Å². The average Bonchev–Trinajstić information content (AvgIpc) is 3.10. The summed E-state index contributed by atoms with van der Waals surface area (Å²) in [5.41, 5.74) is 6.42. The monoisotopic (exact) mass is 379 g/mol. The van der Waals surface area contributed by atoms with Crippen LogP contribution in [0.25, 0.3) is 0 Å². The maximum atomic E-state index is 11.4. The molecule has 1 aliphatic rings. The Hall–Kier alpha value is -2.41. The van der Waals surface area contributed by atoms with Crippen LogP contribution >= 0.6 is 0 Å². The molecule has 1 aromatic rings. The molecule has 1 aliphatic heterocycles. The van der Waals surface area contributed by atoms with Crippen LogP contribution in [0.2, 0.25) is 0 Å². The number of nitrogens with zero attached hydrogens (tertiary/aromatic N) is 2. The number of nitrogens with two attached hydrogens (primary N) is 1. The van der Waals surface area contributed by atoms with Crippen LogP contribution in [0.4, 0.5) is 0 Å². The van der Waals surface area contributed by atoms with Crippen LogP contribution in [0.3, 0.4) is 0 Å². The molecule has 1 amide bonds. The first-order valence-corrected chi connectivity index (χ1v) is 9.07. The van der Waals surface area contributed by atoms with Crippen LogP contribution < -0.4 is 10.5 Å². The van der Waals surface area contributed by atoms with Crippen LogP contribution in [0.15, 0.2) is 31.0 Å². The molecule has 152 valence electrons. The van der Waals surface area contributed by atoms with Gasteiger partial charge in [0.2, 0.25) is 11.8 Å². The average molecular weight is 380 g/mol. The lowest BCUT2D eigenvalue weighted by atomic mass is 10.3. The fourth-order valence-corrected chi connectivity index (χ4v) is 1.98. The summed E-state index contributed by atoms with van der Waals surface area (Å²) < 4.78 is 9.89. The number of carbonyl (C=O) groups excluding carboxylic acids is 2. The molecule has 1 atom stereocenters. The third kappa shape index (κ3) is 12.6. The van der Waals surface area contributed by atoms with Gasteiger partial charge in [-0.2, -0.15) is 0 Å². The summed E-state index contributed by atoms with van der Waals surface area (Å²) in [5.74, 6) is 1.43. The lowest BCUT2D eigenvalue weighted by Gasteiger charge is -2.15. The second kappa shape index (κ2) is 14.7. The van der Waals surface area contributed by atoms with Crippen molar-refractivity contribution in [1.29, 1.82) is 0 Å². The van der Waals surface area contributed by atoms with Gasteiger partial charge in [-0.1, -0.05) is 39.5 Å².